The van der Waals surface area contributed by atoms with Crippen LogP contribution >= 0.6 is 0 Å². The quantitative estimate of drug-likeness (QED) is 0.588. The summed E-state index contributed by atoms with van der Waals surface area (Å²) >= 11 is 0. The molecular formula is C17H20N2O4S. The van der Waals surface area contributed by atoms with Crippen molar-refractivity contribution in [3.05, 3.63) is 54.1 Å². The predicted octanol–water partition coefficient (Wildman–Crippen LogP) is 2.80. The van der Waals surface area contributed by atoms with Gasteiger partial charge in [-0.3, -0.25) is 0 Å². The van der Waals surface area contributed by atoms with Crippen LogP contribution in [0.25, 0.3) is 0 Å². The van der Waals surface area contributed by atoms with Gasteiger partial charge in [0.15, 0.2) is 0 Å². The zero-order valence-corrected chi connectivity index (χ0v) is 14.4. The Bertz CT molecular complexity index is 789. The van der Waals surface area contributed by atoms with Crippen LogP contribution in [0.1, 0.15) is 19.4 Å². The molecule has 2 aromatic carbocycles. The number of hydrazone groups is 1. The molecule has 1 N–H and O–H groups in total. The van der Waals surface area contributed by atoms with Gasteiger partial charge < -0.3 is 9.47 Å². The van der Waals surface area contributed by atoms with Crippen LogP contribution in [-0.2, 0) is 10.0 Å². The minimum absolute atomic E-state index is 0.152. The van der Waals surface area contributed by atoms with E-state index in [0.717, 1.165) is 0 Å². The summed E-state index contributed by atoms with van der Waals surface area (Å²) in [6, 6.07) is 13.3. The third-order valence-corrected chi connectivity index (χ3v) is 4.26. The molecule has 0 spiro atoms. The van der Waals surface area contributed by atoms with E-state index in [1.165, 1.54) is 18.3 Å². The Balaban J connectivity index is 2.16. The lowest BCUT2D eigenvalue weighted by Gasteiger charge is -2.10. The second-order valence-electron chi connectivity index (χ2n) is 4.73. The van der Waals surface area contributed by atoms with Gasteiger partial charge in [0.05, 0.1) is 24.3 Å². The molecule has 0 amide bonds. The molecule has 128 valence electrons. The van der Waals surface area contributed by atoms with Crippen LogP contribution < -0.4 is 14.3 Å². The van der Waals surface area contributed by atoms with Crippen molar-refractivity contribution in [2.45, 2.75) is 18.7 Å². The highest BCUT2D eigenvalue weighted by atomic mass is 32.2. The van der Waals surface area contributed by atoms with E-state index in [1.54, 1.807) is 36.4 Å². The first-order valence-electron chi connectivity index (χ1n) is 7.56. The zero-order chi connectivity index (χ0) is 17.4. The van der Waals surface area contributed by atoms with Gasteiger partial charge in [0, 0.05) is 11.6 Å². The number of sulfonamides is 1. The summed E-state index contributed by atoms with van der Waals surface area (Å²) in [7, 11) is -3.69. The van der Waals surface area contributed by atoms with Crippen molar-refractivity contribution in [2.75, 3.05) is 13.2 Å². The van der Waals surface area contributed by atoms with Gasteiger partial charge in [-0.05, 0) is 38.1 Å². The van der Waals surface area contributed by atoms with Gasteiger partial charge in [-0.15, -0.1) is 0 Å². The van der Waals surface area contributed by atoms with Crippen molar-refractivity contribution >= 4 is 16.2 Å². The summed E-state index contributed by atoms with van der Waals surface area (Å²) < 4.78 is 35.2. The number of benzene rings is 2. The Morgan fingerprint density at radius 3 is 2.42 bits per heavy atom. The maximum absolute atomic E-state index is 12.1. The van der Waals surface area contributed by atoms with Gasteiger partial charge in [0.1, 0.15) is 11.5 Å². The molecule has 0 aliphatic rings. The monoisotopic (exact) mass is 348 g/mol. The first-order valence-corrected chi connectivity index (χ1v) is 9.04. The van der Waals surface area contributed by atoms with Crippen LogP contribution in [0, 0.1) is 0 Å². The Morgan fingerprint density at radius 1 is 1.04 bits per heavy atom. The van der Waals surface area contributed by atoms with Crippen LogP contribution in [-0.4, -0.2) is 27.8 Å². The summed E-state index contributed by atoms with van der Waals surface area (Å²) in [5, 5.41) is 3.82. The molecule has 0 saturated heterocycles. The normalized spacial score (nSPS) is 11.4. The van der Waals surface area contributed by atoms with E-state index in [2.05, 4.69) is 9.93 Å². The molecular weight excluding hydrogens is 328 g/mol. The minimum Gasteiger partial charge on any atom is -0.494 e. The largest absolute Gasteiger partial charge is 0.494 e. The third kappa shape index (κ3) is 4.73. The van der Waals surface area contributed by atoms with Crippen LogP contribution in [0.5, 0.6) is 11.5 Å². The lowest BCUT2D eigenvalue weighted by atomic mass is 10.2. The van der Waals surface area contributed by atoms with Crippen molar-refractivity contribution in [1.82, 2.24) is 4.83 Å². The van der Waals surface area contributed by atoms with Crippen LogP contribution in [0.3, 0.4) is 0 Å². The Hall–Kier alpha value is -2.54. The smallest absolute Gasteiger partial charge is 0.276 e. The number of nitrogens with one attached hydrogen (secondary N) is 1. The molecule has 24 heavy (non-hydrogen) atoms. The molecule has 0 saturated carbocycles. The van der Waals surface area contributed by atoms with Gasteiger partial charge in [0.2, 0.25) is 0 Å². The van der Waals surface area contributed by atoms with E-state index < -0.39 is 10.0 Å². The topological polar surface area (TPSA) is 77.0 Å². The van der Waals surface area contributed by atoms with Gasteiger partial charge in [-0.2, -0.15) is 13.5 Å². The fraction of sp³-hybridized carbons (Fsp3) is 0.235. The summed E-state index contributed by atoms with van der Waals surface area (Å²) in [6.07, 6.45) is 1.40. The lowest BCUT2D eigenvalue weighted by Crippen LogP contribution is -2.18. The molecule has 0 atom stereocenters. The van der Waals surface area contributed by atoms with Gasteiger partial charge in [0.25, 0.3) is 10.0 Å². The molecule has 0 aliphatic heterocycles. The highest BCUT2D eigenvalue weighted by Crippen LogP contribution is 2.24. The number of nitrogens with zero attached hydrogens (tertiary/aromatic N) is 1. The third-order valence-electron chi connectivity index (χ3n) is 3.03. The van der Waals surface area contributed by atoms with E-state index in [9.17, 15) is 8.42 Å². The molecule has 2 rings (SSSR count). The predicted molar refractivity (Wildman–Crippen MR) is 93.1 cm³/mol. The fourth-order valence-corrected chi connectivity index (χ4v) is 2.79. The first kappa shape index (κ1) is 17.8. The molecule has 2 aromatic rings. The van der Waals surface area contributed by atoms with E-state index in [4.69, 9.17) is 9.47 Å². The van der Waals surface area contributed by atoms with Crippen molar-refractivity contribution < 1.29 is 17.9 Å². The van der Waals surface area contributed by atoms with E-state index in [1.807, 2.05) is 13.8 Å². The summed E-state index contributed by atoms with van der Waals surface area (Å²) in [4.78, 5) is 2.34. The molecule has 0 heterocycles. The van der Waals surface area contributed by atoms with Gasteiger partial charge in [-0.1, -0.05) is 18.2 Å². The molecule has 0 radical (unpaired) electrons. The summed E-state index contributed by atoms with van der Waals surface area (Å²) in [6.45, 7) is 4.79. The average Bonchev–Trinajstić information content (AvgIpc) is 2.58. The Kier molecular flexibility index (Phi) is 6.20. The minimum atomic E-state index is -3.69. The van der Waals surface area contributed by atoms with Crippen molar-refractivity contribution in [2.24, 2.45) is 5.10 Å². The second kappa shape index (κ2) is 8.35. The van der Waals surface area contributed by atoms with Crippen molar-refractivity contribution in [1.29, 1.82) is 0 Å². The van der Waals surface area contributed by atoms with E-state index in [-0.39, 0.29) is 4.90 Å². The molecule has 0 bridgehead atoms. The number of ether oxygens (including phenoxy) is 2. The van der Waals surface area contributed by atoms with Gasteiger partial charge >= 0.3 is 0 Å². The summed E-state index contributed by atoms with van der Waals surface area (Å²) in [5.74, 6) is 1.26. The molecule has 0 unspecified atom stereocenters. The molecule has 7 heteroatoms. The maximum Gasteiger partial charge on any atom is 0.276 e. The van der Waals surface area contributed by atoms with Crippen molar-refractivity contribution in [3.63, 3.8) is 0 Å². The van der Waals surface area contributed by atoms with Crippen LogP contribution in [0.4, 0.5) is 0 Å². The number of rotatable bonds is 8. The van der Waals surface area contributed by atoms with Crippen molar-refractivity contribution in [3.8, 4) is 11.5 Å². The van der Waals surface area contributed by atoms with E-state index >= 15 is 0 Å². The molecule has 6 nitrogen and oxygen atoms in total. The SMILES string of the molecule is CCOc1ccc(/C=N\NS(=O)(=O)c2ccccc2)c(OCC)c1. The fourth-order valence-electron chi connectivity index (χ4n) is 1.98. The molecule has 0 fully saturated rings. The van der Waals surface area contributed by atoms with Gasteiger partial charge in [-0.25, -0.2) is 4.83 Å². The maximum atomic E-state index is 12.1. The second-order valence-corrected chi connectivity index (χ2v) is 6.39. The summed E-state index contributed by atoms with van der Waals surface area (Å²) in [5.41, 5.74) is 0.649. The highest BCUT2D eigenvalue weighted by molar-refractivity contribution is 7.89. The van der Waals surface area contributed by atoms with E-state index in [0.29, 0.717) is 30.3 Å². The average molecular weight is 348 g/mol. The zero-order valence-electron chi connectivity index (χ0n) is 13.6. The molecule has 0 aliphatic carbocycles. The van der Waals surface area contributed by atoms with Crippen LogP contribution in [0.2, 0.25) is 0 Å². The number of hydrogen-bond donors (Lipinski definition) is 1. The lowest BCUT2D eigenvalue weighted by molar-refractivity contribution is 0.323. The highest BCUT2D eigenvalue weighted by Gasteiger charge is 2.11. The Labute approximate surface area is 142 Å². The van der Waals surface area contributed by atoms with Crippen LogP contribution in [0.15, 0.2) is 58.5 Å². The number of hydrogen-bond acceptors (Lipinski definition) is 5. The first-order chi connectivity index (χ1) is 11.6. The molecule has 0 aromatic heterocycles. The Morgan fingerprint density at radius 2 is 1.75 bits per heavy atom. The standard InChI is InChI=1S/C17H20N2O4S/c1-3-22-15-11-10-14(17(12-15)23-4-2)13-18-19-24(20,21)16-8-6-5-7-9-16/h5-13,19H,3-4H2,1-2H3/b18-13-.